The molecule has 6 heteroatoms. The van der Waals surface area contributed by atoms with Gasteiger partial charge in [0.25, 0.3) is 5.91 Å². The number of benzene rings is 2. The molecule has 0 saturated carbocycles. The van der Waals surface area contributed by atoms with E-state index in [9.17, 15) is 9.59 Å². The molecule has 0 aromatic heterocycles. The molecule has 3 rings (SSSR count). The molecule has 1 atom stereocenters. The number of amides is 2. The Morgan fingerprint density at radius 1 is 1.15 bits per heavy atom. The number of ether oxygens (including phenoxy) is 2. The highest BCUT2D eigenvalue weighted by molar-refractivity contribution is 6.03. The molecular formula is C21H24N2O4. The van der Waals surface area contributed by atoms with Gasteiger partial charge in [0.2, 0.25) is 5.91 Å². The molecule has 2 amide bonds. The number of nitrogens with zero attached hydrogens (tertiary/aromatic N) is 1. The standard InChI is InChI=1S/C21H24N2O4/c1-4-7-19(23-13-14-8-5-6-9-18(14)21(23)25)20(24)22-15-10-16(26-2)12-17(11-15)27-3/h5-6,8-12,19H,4,7,13H2,1-3H3,(H,22,24)/t19-/m1/s1. The van der Waals surface area contributed by atoms with Crippen molar-refractivity contribution in [3.63, 3.8) is 0 Å². The monoisotopic (exact) mass is 368 g/mol. The first-order valence-corrected chi connectivity index (χ1v) is 9.00. The van der Waals surface area contributed by atoms with Crippen LogP contribution >= 0.6 is 0 Å². The van der Waals surface area contributed by atoms with Crippen molar-refractivity contribution in [1.29, 1.82) is 0 Å². The van der Waals surface area contributed by atoms with E-state index in [0.29, 0.717) is 35.7 Å². The van der Waals surface area contributed by atoms with Crippen molar-refractivity contribution in [1.82, 2.24) is 4.90 Å². The summed E-state index contributed by atoms with van der Waals surface area (Å²) in [6.07, 6.45) is 1.38. The van der Waals surface area contributed by atoms with Gasteiger partial charge in [-0.3, -0.25) is 9.59 Å². The zero-order valence-electron chi connectivity index (χ0n) is 15.8. The number of carbonyl (C=O) groups is 2. The van der Waals surface area contributed by atoms with Gasteiger partial charge in [-0.15, -0.1) is 0 Å². The molecule has 1 heterocycles. The molecule has 1 N–H and O–H groups in total. The Labute approximate surface area is 159 Å². The molecule has 0 bridgehead atoms. The van der Waals surface area contributed by atoms with Gasteiger partial charge in [-0.25, -0.2) is 0 Å². The van der Waals surface area contributed by atoms with Gasteiger partial charge in [0.05, 0.1) is 14.2 Å². The Kier molecular flexibility index (Phi) is 5.64. The molecule has 1 aliphatic rings. The zero-order chi connectivity index (χ0) is 19.4. The highest BCUT2D eigenvalue weighted by Gasteiger charge is 2.35. The molecule has 2 aromatic carbocycles. The summed E-state index contributed by atoms with van der Waals surface area (Å²) in [6, 6.07) is 12.2. The lowest BCUT2D eigenvalue weighted by Crippen LogP contribution is -2.44. The highest BCUT2D eigenvalue weighted by Crippen LogP contribution is 2.29. The molecule has 1 aliphatic heterocycles. The maximum Gasteiger partial charge on any atom is 0.255 e. The van der Waals surface area contributed by atoms with Gasteiger partial charge in [0, 0.05) is 36.0 Å². The van der Waals surface area contributed by atoms with Crippen molar-refractivity contribution in [2.45, 2.75) is 32.4 Å². The van der Waals surface area contributed by atoms with E-state index in [-0.39, 0.29) is 11.8 Å². The third-order valence-electron chi connectivity index (χ3n) is 4.71. The minimum absolute atomic E-state index is 0.0950. The number of fused-ring (bicyclic) bond motifs is 1. The Morgan fingerprint density at radius 2 is 1.81 bits per heavy atom. The summed E-state index contributed by atoms with van der Waals surface area (Å²) >= 11 is 0. The molecule has 0 radical (unpaired) electrons. The van der Waals surface area contributed by atoms with Gasteiger partial charge in [-0.05, 0) is 18.1 Å². The van der Waals surface area contributed by atoms with Crippen molar-refractivity contribution in [2.75, 3.05) is 19.5 Å². The molecule has 142 valence electrons. The molecule has 27 heavy (non-hydrogen) atoms. The molecule has 6 nitrogen and oxygen atoms in total. The van der Waals surface area contributed by atoms with Gasteiger partial charge in [-0.1, -0.05) is 31.5 Å². The summed E-state index contributed by atoms with van der Waals surface area (Å²) in [5.41, 5.74) is 2.20. The van der Waals surface area contributed by atoms with E-state index in [2.05, 4.69) is 5.32 Å². The average Bonchev–Trinajstić information content (AvgIpc) is 3.02. The number of nitrogens with one attached hydrogen (secondary N) is 1. The average molecular weight is 368 g/mol. The largest absolute Gasteiger partial charge is 0.497 e. The van der Waals surface area contributed by atoms with Crippen LogP contribution in [0.1, 0.15) is 35.7 Å². The Hall–Kier alpha value is -3.02. The Morgan fingerprint density at radius 3 is 2.41 bits per heavy atom. The molecule has 0 aliphatic carbocycles. The fourth-order valence-corrected chi connectivity index (χ4v) is 3.34. The molecule has 2 aromatic rings. The van der Waals surface area contributed by atoms with Crippen molar-refractivity contribution >= 4 is 17.5 Å². The van der Waals surface area contributed by atoms with E-state index in [1.807, 2.05) is 31.2 Å². The normalized spacial score (nSPS) is 13.9. The second kappa shape index (κ2) is 8.12. The van der Waals surface area contributed by atoms with Crippen LogP contribution in [0, 0.1) is 0 Å². The van der Waals surface area contributed by atoms with Crippen molar-refractivity contribution in [2.24, 2.45) is 0 Å². The van der Waals surface area contributed by atoms with Crippen molar-refractivity contribution < 1.29 is 19.1 Å². The number of methoxy groups -OCH3 is 2. The number of hydrogen-bond donors (Lipinski definition) is 1. The minimum atomic E-state index is -0.535. The van der Waals surface area contributed by atoms with E-state index in [1.165, 1.54) is 0 Å². The smallest absolute Gasteiger partial charge is 0.255 e. The van der Waals surface area contributed by atoms with E-state index >= 15 is 0 Å². The summed E-state index contributed by atoms with van der Waals surface area (Å²) in [7, 11) is 3.11. The topological polar surface area (TPSA) is 67.9 Å². The van der Waals surface area contributed by atoms with Crippen LogP contribution in [-0.2, 0) is 11.3 Å². The summed E-state index contributed by atoms with van der Waals surface area (Å²) in [4.78, 5) is 27.4. The van der Waals surface area contributed by atoms with Gasteiger partial charge in [0.1, 0.15) is 17.5 Å². The summed E-state index contributed by atoms with van der Waals surface area (Å²) in [5.74, 6) is 0.860. The first-order valence-electron chi connectivity index (χ1n) is 9.00. The fourth-order valence-electron chi connectivity index (χ4n) is 3.34. The molecule has 0 spiro atoms. The maximum atomic E-state index is 13.0. The van der Waals surface area contributed by atoms with E-state index in [4.69, 9.17) is 9.47 Å². The van der Waals surface area contributed by atoms with Crippen LogP contribution in [0.2, 0.25) is 0 Å². The van der Waals surface area contributed by atoms with Gasteiger partial charge in [-0.2, -0.15) is 0 Å². The van der Waals surface area contributed by atoms with Crippen molar-refractivity contribution in [3.05, 3.63) is 53.6 Å². The second-order valence-corrected chi connectivity index (χ2v) is 6.49. The zero-order valence-corrected chi connectivity index (χ0v) is 15.8. The predicted molar refractivity (Wildman–Crippen MR) is 103 cm³/mol. The lowest BCUT2D eigenvalue weighted by Gasteiger charge is -2.26. The van der Waals surface area contributed by atoms with E-state index in [0.717, 1.165) is 12.0 Å². The predicted octanol–water partition coefficient (Wildman–Crippen LogP) is 3.47. The van der Waals surface area contributed by atoms with Crippen molar-refractivity contribution in [3.8, 4) is 11.5 Å². The number of hydrogen-bond acceptors (Lipinski definition) is 4. The lowest BCUT2D eigenvalue weighted by molar-refractivity contribution is -0.120. The van der Waals surface area contributed by atoms with Crippen LogP contribution in [0.15, 0.2) is 42.5 Å². The molecule has 0 fully saturated rings. The Balaban J connectivity index is 1.82. The first kappa shape index (κ1) is 18.8. The second-order valence-electron chi connectivity index (χ2n) is 6.49. The van der Waals surface area contributed by atoms with Crippen LogP contribution < -0.4 is 14.8 Å². The summed E-state index contributed by atoms with van der Waals surface area (Å²) < 4.78 is 10.5. The number of rotatable bonds is 7. The number of anilines is 1. The number of carbonyl (C=O) groups excluding carboxylic acids is 2. The minimum Gasteiger partial charge on any atom is -0.497 e. The third kappa shape index (κ3) is 3.89. The summed E-state index contributed by atoms with van der Waals surface area (Å²) in [6.45, 7) is 2.46. The van der Waals surface area contributed by atoms with Crippen LogP contribution in [0.3, 0.4) is 0 Å². The maximum absolute atomic E-state index is 13.0. The molecule has 0 saturated heterocycles. The lowest BCUT2D eigenvalue weighted by atomic mass is 10.1. The van der Waals surface area contributed by atoms with E-state index < -0.39 is 6.04 Å². The van der Waals surface area contributed by atoms with Crippen LogP contribution in [0.5, 0.6) is 11.5 Å². The highest BCUT2D eigenvalue weighted by atomic mass is 16.5. The van der Waals surface area contributed by atoms with Gasteiger partial charge >= 0.3 is 0 Å². The van der Waals surface area contributed by atoms with E-state index in [1.54, 1.807) is 37.3 Å². The van der Waals surface area contributed by atoms with Gasteiger partial charge in [0.15, 0.2) is 0 Å². The first-order chi connectivity index (χ1) is 13.1. The Bertz CT molecular complexity index is 828. The van der Waals surface area contributed by atoms with Gasteiger partial charge < -0.3 is 19.7 Å². The molecule has 0 unspecified atom stereocenters. The van der Waals surface area contributed by atoms with Crippen LogP contribution in [0.25, 0.3) is 0 Å². The SMILES string of the molecule is CCC[C@H](C(=O)Nc1cc(OC)cc(OC)c1)N1Cc2ccccc2C1=O. The van der Waals surface area contributed by atoms with Crippen LogP contribution in [-0.4, -0.2) is 37.0 Å². The molecular weight excluding hydrogens is 344 g/mol. The third-order valence-corrected chi connectivity index (χ3v) is 4.71. The fraction of sp³-hybridized carbons (Fsp3) is 0.333. The summed E-state index contributed by atoms with van der Waals surface area (Å²) in [5, 5.41) is 2.91. The quantitative estimate of drug-likeness (QED) is 0.813. The van der Waals surface area contributed by atoms with Crippen LogP contribution in [0.4, 0.5) is 5.69 Å².